The highest BCUT2D eigenvalue weighted by Crippen LogP contribution is 2.47. The van der Waals surface area contributed by atoms with Crippen LogP contribution in [0.2, 0.25) is 0 Å². The summed E-state index contributed by atoms with van der Waals surface area (Å²) in [5.41, 5.74) is 2.25. The lowest BCUT2D eigenvalue weighted by Crippen LogP contribution is -2.10. The summed E-state index contributed by atoms with van der Waals surface area (Å²) in [6.07, 6.45) is 4.91. The molecular weight excluding hydrogens is 286 g/mol. The molecule has 2 heterocycles. The number of aryl methyl sites for hydroxylation is 1. The topological polar surface area (TPSA) is 56.3 Å². The Kier molecular flexibility index (Phi) is 3.66. The molecule has 1 atom stereocenters. The predicted octanol–water partition coefficient (Wildman–Crippen LogP) is 4.58. The van der Waals surface area contributed by atoms with Crippen LogP contribution in [0, 0.1) is 17.0 Å². The van der Waals surface area contributed by atoms with Crippen molar-refractivity contribution in [3.8, 4) is 0 Å². The lowest BCUT2D eigenvalue weighted by molar-refractivity contribution is -0.427. The van der Waals surface area contributed by atoms with E-state index in [0.29, 0.717) is 0 Å². The Hall–Kier alpha value is -2.27. The molecule has 1 aromatic carbocycles. The van der Waals surface area contributed by atoms with E-state index in [4.69, 9.17) is 4.42 Å². The van der Waals surface area contributed by atoms with Gasteiger partial charge in [0.1, 0.15) is 11.0 Å². The van der Waals surface area contributed by atoms with Gasteiger partial charge in [-0.3, -0.25) is 10.1 Å². The van der Waals surface area contributed by atoms with E-state index in [0.717, 1.165) is 21.8 Å². The van der Waals surface area contributed by atoms with Crippen molar-refractivity contribution in [2.45, 2.75) is 12.2 Å². The molecule has 1 aromatic heterocycles. The summed E-state index contributed by atoms with van der Waals surface area (Å²) in [5.74, 6) is 0.732. The number of furan rings is 1. The van der Waals surface area contributed by atoms with Crippen LogP contribution >= 0.6 is 11.8 Å². The SMILES string of the molecule is Cc1ccc(C2SC(c3ccco3)=CC=C2[N+](=O)[O-])cc1. The summed E-state index contributed by atoms with van der Waals surface area (Å²) in [7, 11) is 0. The van der Waals surface area contributed by atoms with Crippen LogP contribution in [-0.4, -0.2) is 4.92 Å². The maximum absolute atomic E-state index is 11.3. The lowest BCUT2D eigenvalue weighted by Gasteiger charge is -2.18. The Morgan fingerprint density at radius 2 is 1.95 bits per heavy atom. The van der Waals surface area contributed by atoms with Crippen LogP contribution in [0.1, 0.15) is 22.1 Å². The van der Waals surface area contributed by atoms with Crippen molar-refractivity contribution in [1.82, 2.24) is 0 Å². The maximum atomic E-state index is 11.3. The van der Waals surface area contributed by atoms with E-state index in [-0.39, 0.29) is 15.9 Å². The third-order valence-electron chi connectivity index (χ3n) is 3.27. The molecule has 1 aliphatic rings. The van der Waals surface area contributed by atoms with Gasteiger partial charge in [0.15, 0.2) is 0 Å². The van der Waals surface area contributed by atoms with Crippen LogP contribution in [-0.2, 0) is 0 Å². The average molecular weight is 299 g/mol. The number of nitrogens with zero attached hydrogens (tertiary/aromatic N) is 1. The maximum Gasteiger partial charge on any atom is 0.263 e. The molecule has 3 rings (SSSR count). The van der Waals surface area contributed by atoms with Gasteiger partial charge in [-0.05, 0) is 30.7 Å². The summed E-state index contributed by atoms with van der Waals surface area (Å²) in [5, 5.41) is 10.9. The molecule has 0 saturated heterocycles. The van der Waals surface area contributed by atoms with Crippen LogP contribution in [0.4, 0.5) is 0 Å². The minimum Gasteiger partial charge on any atom is -0.464 e. The summed E-state index contributed by atoms with van der Waals surface area (Å²) < 4.78 is 5.38. The largest absolute Gasteiger partial charge is 0.464 e. The van der Waals surface area contributed by atoms with Gasteiger partial charge >= 0.3 is 0 Å². The normalized spacial score (nSPS) is 18.0. The number of hydrogen-bond donors (Lipinski definition) is 0. The molecule has 1 unspecified atom stereocenters. The molecule has 0 N–H and O–H groups in total. The highest BCUT2D eigenvalue weighted by atomic mass is 32.2. The Labute approximate surface area is 126 Å². The van der Waals surface area contributed by atoms with Crippen LogP contribution in [0.25, 0.3) is 4.91 Å². The minimum atomic E-state index is -0.328. The smallest absolute Gasteiger partial charge is 0.263 e. The second-order valence-corrected chi connectivity index (χ2v) is 5.91. The molecule has 1 aliphatic heterocycles. The average Bonchev–Trinajstić information content (AvgIpc) is 3.01. The number of allylic oxidation sites excluding steroid dienone is 2. The van der Waals surface area contributed by atoms with Crippen molar-refractivity contribution in [3.63, 3.8) is 0 Å². The third kappa shape index (κ3) is 2.78. The van der Waals surface area contributed by atoms with E-state index in [9.17, 15) is 10.1 Å². The molecule has 21 heavy (non-hydrogen) atoms. The highest BCUT2D eigenvalue weighted by Gasteiger charge is 2.31. The van der Waals surface area contributed by atoms with Gasteiger partial charge in [0.05, 0.1) is 16.1 Å². The van der Waals surface area contributed by atoms with Crippen molar-refractivity contribution in [1.29, 1.82) is 0 Å². The molecule has 2 aromatic rings. The predicted molar refractivity (Wildman–Crippen MR) is 83.3 cm³/mol. The van der Waals surface area contributed by atoms with E-state index in [2.05, 4.69) is 0 Å². The summed E-state index contributed by atoms with van der Waals surface area (Å²) in [6, 6.07) is 11.5. The van der Waals surface area contributed by atoms with Crippen molar-refractivity contribution < 1.29 is 9.34 Å². The number of thioether (sulfide) groups is 1. The van der Waals surface area contributed by atoms with Crippen LogP contribution in [0.15, 0.2) is 64.9 Å². The second-order valence-electron chi connectivity index (χ2n) is 4.77. The quantitative estimate of drug-likeness (QED) is 0.615. The summed E-state index contributed by atoms with van der Waals surface area (Å²) in [4.78, 5) is 11.9. The monoisotopic (exact) mass is 299 g/mol. The van der Waals surface area contributed by atoms with E-state index in [1.54, 1.807) is 18.4 Å². The molecule has 0 aliphatic carbocycles. The first kappa shape index (κ1) is 13.7. The summed E-state index contributed by atoms with van der Waals surface area (Å²) in [6.45, 7) is 2.00. The van der Waals surface area contributed by atoms with Crippen molar-refractivity contribution in [3.05, 3.63) is 87.5 Å². The Morgan fingerprint density at radius 1 is 1.19 bits per heavy atom. The minimum absolute atomic E-state index is 0.194. The van der Waals surface area contributed by atoms with Gasteiger partial charge in [-0.2, -0.15) is 0 Å². The Balaban J connectivity index is 1.99. The van der Waals surface area contributed by atoms with E-state index in [1.165, 1.54) is 11.8 Å². The van der Waals surface area contributed by atoms with Gasteiger partial charge in [0.2, 0.25) is 0 Å². The molecule has 4 nitrogen and oxygen atoms in total. The van der Waals surface area contributed by atoms with Crippen LogP contribution < -0.4 is 0 Å². The second kappa shape index (κ2) is 5.61. The Morgan fingerprint density at radius 3 is 2.57 bits per heavy atom. The molecule has 106 valence electrons. The molecule has 0 saturated carbocycles. The number of benzene rings is 1. The zero-order valence-electron chi connectivity index (χ0n) is 11.4. The highest BCUT2D eigenvalue weighted by molar-refractivity contribution is 8.08. The van der Waals surface area contributed by atoms with E-state index < -0.39 is 0 Å². The van der Waals surface area contributed by atoms with E-state index >= 15 is 0 Å². The number of nitro groups is 1. The fraction of sp³-hybridized carbons (Fsp3) is 0.125. The fourth-order valence-electron chi connectivity index (χ4n) is 2.17. The zero-order valence-corrected chi connectivity index (χ0v) is 12.2. The lowest BCUT2D eigenvalue weighted by atomic mass is 10.1. The molecule has 0 radical (unpaired) electrons. The first-order valence-electron chi connectivity index (χ1n) is 6.48. The molecule has 0 amide bonds. The molecule has 0 spiro atoms. The van der Waals surface area contributed by atoms with Gasteiger partial charge in [-0.15, -0.1) is 11.8 Å². The van der Waals surface area contributed by atoms with Crippen molar-refractivity contribution in [2.75, 3.05) is 0 Å². The van der Waals surface area contributed by atoms with Gasteiger partial charge in [-0.25, -0.2) is 0 Å². The first-order valence-corrected chi connectivity index (χ1v) is 7.36. The van der Waals surface area contributed by atoms with E-state index in [1.807, 2.05) is 43.3 Å². The van der Waals surface area contributed by atoms with Gasteiger partial charge in [-0.1, -0.05) is 29.8 Å². The number of hydrogen-bond acceptors (Lipinski definition) is 4. The van der Waals surface area contributed by atoms with Crippen LogP contribution in [0.5, 0.6) is 0 Å². The van der Waals surface area contributed by atoms with Gasteiger partial charge in [0.25, 0.3) is 5.70 Å². The third-order valence-corrected chi connectivity index (χ3v) is 4.61. The molecule has 5 heteroatoms. The molecule has 0 bridgehead atoms. The summed E-state index contributed by atoms with van der Waals surface area (Å²) >= 11 is 1.44. The zero-order chi connectivity index (χ0) is 14.8. The van der Waals surface area contributed by atoms with Gasteiger partial charge < -0.3 is 4.42 Å². The Bertz CT molecular complexity index is 714. The van der Waals surface area contributed by atoms with Crippen LogP contribution in [0.3, 0.4) is 0 Å². The standard InChI is InChI=1S/C16H13NO3S/c1-11-4-6-12(7-5-11)16-13(17(18)19)8-9-15(21-16)14-3-2-10-20-14/h2-10,16H,1H3. The number of rotatable bonds is 3. The van der Waals surface area contributed by atoms with Gasteiger partial charge in [0, 0.05) is 6.08 Å². The first-order chi connectivity index (χ1) is 10.1. The molecule has 0 fully saturated rings. The van der Waals surface area contributed by atoms with Crippen molar-refractivity contribution >= 4 is 16.7 Å². The van der Waals surface area contributed by atoms with Crippen molar-refractivity contribution in [2.24, 2.45) is 0 Å². The fourth-order valence-corrected chi connectivity index (χ4v) is 3.38. The molecular formula is C16H13NO3S.